The molecule has 0 unspecified atom stereocenters. The van der Waals surface area contributed by atoms with Crippen molar-refractivity contribution in [2.75, 3.05) is 0 Å². The van der Waals surface area contributed by atoms with Crippen LogP contribution in [0.2, 0.25) is 0 Å². The van der Waals surface area contributed by atoms with E-state index in [1.54, 1.807) is 0 Å². The fourth-order valence-corrected chi connectivity index (χ4v) is 1.47. The minimum atomic E-state index is 1.19. The zero-order valence-electron chi connectivity index (χ0n) is 12.2. The molecule has 0 aliphatic carbocycles. The van der Waals surface area contributed by atoms with E-state index < -0.39 is 0 Å². The SMILES string of the molecule is CC/C=C/CCCCC.CCCCCCC. The van der Waals surface area contributed by atoms with E-state index in [0.717, 1.165) is 0 Å². The Balaban J connectivity index is 0. The van der Waals surface area contributed by atoms with Gasteiger partial charge in [-0.25, -0.2) is 0 Å². The molecule has 16 heavy (non-hydrogen) atoms. The molecule has 0 aliphatic heterocycles. The highest BCUT2D eigenvalue weighted by Gasteiger charge is 1.80. The van der Waals surface area contributed by atoms with E-state index in [1.807, 2.05) is 0 Å². The normalized spacial score (nSPS) is 10.2. The van der Waals surface area contributed by atoms with Crippen LogP contribution in [0.5, 0.6) is 0 Å². The lowest BCUT2D eigenvalue weighted by Gasteiger charge is -1.90. The third kappa shape index (κ3) is 23.5. The molecule has 0 aromatic rings. The molecule has 0 aromatic carbocycles. The lowest BCUT2D eigenvalue weighted by atomic mass is 10.2. The average molecular weight is 226 g/mol. The minimum Gasteiger partial charge on any atom is -0.0888 e. The summed E-state index contributed by atoms with van der Waals surface area (Å²) in [7, 11) is 0. The number of hydrogen-bond acceptors (Lipinski definition) is 0. The Morgan fingerprint density at radius 2 is 1.06 bits per heavy atom. The molecule has 0 fully saturated rings. The fourth-order valence-electron chi connectivity index (χ4n) is 1.47. The van der Waals surface area contributed by atoms with Gasteiger partial charge >= 0.3 is 0 Å². The average Bonchev–Trinajstić information content (AvgIpc) is 2.31. The maximum Gasteiger partial charge on any atom is -0.0351 e. The first-order chi connectivity index (χ1) is 7.83. The Hall–Kier alpha value is -0.260. The number of rotatable bonds is 9. The number of unbranched alkanes of at least 4 members (excludes halogenated alkanes) is 7. The third-order valence-corrected chi connectivity index (χ3v) is 2.58. The highest BCUT2D eigenvalue weighted by molar-refractivity contribution is 4.79. The van der Waals surface area contributed by atoms with E-state index >= 15 is 0 Å². The summed E-state index contributed by atoms with van der Waals surface area (Å²) in [6, 6.07) is 0. The van der Waals surface area contributed by atoms with Gasteiger partial charge in [0.05, 0.1) is 0 Å². The topological polar surface area (TPSA) is 0 Å². The van der Waals surface area contributed by atoms with Gasteiger partial charge in [-0.15, -0.1) is 0 Å². The van der Waals surface area contributed by atoms with Crippen molar-refractivity contribution < 1.29 is 0 Å². The van der Waals surface area contributed by atoms with Gasteiger partial charge < -0.3 is 0 Å². The molecule has 0 heterocycles. The second-order valence-electron chi connectivity index (χ2n) is 4.44. The van der Waals surface area contributed by atoms with E-state index in [-0.39, 0.29) is 0 Å². The summed E-state index contributed by atoms with van der Waals surface area (Å²) in [5.41, 5.74) is 0. The van der Waals surface area contributed by atoms with Crippen molar-refractivity contribution in [2.45, 2.75) is 91.9 Å². The van der Waals surface area contributed by atoms with Gasteiger partial charge in [0.15, 0.2) is 0 Å². The Bertz CT molecular complexity index is 109. The van der Waals surface area contributed by atoms with Crippen LogP contribution in [0, 0.1) is 0 Å². The zero-order chi connectivity index (χ0) is 12.5. The van der Waals surface area contributed by atoms with Crippen molar-refractivity contribution in [1.29, 1.82) is 0 Å². The van der Waals surface area contributed by atoms with E-state index in [9.17, 15) is 0 Å². The minimum absolute atomic E-state index is 1.19. The molecule has 0 N–H and O–H groups in total. The van der Waals surface area contributed by atoms with Gasteiger partial charge in [0.1, 0.15) is 0 Å². The Labute approximate surface area is 105 Å². The molecular formula is C16H34. The summed E-state index contributed by atoms with van der Waals surface area (Å²) < 4.78 is 0. The van der Waals surface area contributed by atoms with Crippen molar-refractivity contribution >= 4 is 0 Å². The number of allylic oxidation sites excluding steroid dienone is 2. The molecule has 0 aromatic heterocycles. The summed E-state index contributed by atoms with van der Waals surface area (Å²) in [6.45, 7) is 8.91. The Morgan fingerprint density at radius 3 is 1.50 bits per heavy atom. The summed E-state index contributed by atoms with van der Waals surface area (Å²) in [4.78, 5) is 0. The van der Waals surface area contributed by atoms with E-state index in [1.165, 1.54) is 64.2 Å². The summed E-state index contributed by atoms with van der Waals surface area (Å²) in [6.07, 6.45) is 18.1. The molecule has 0 bridgehead atoms. The largest absolute Gasteiger partial charge is 0.0888 e. The van der Waals surface area contributed by atoms with Crippen LogP contribution < -0.4 is 0 Å². The van der Waals surface area contributed by atoms with Gasteiger partial charge in [-0.1, -0.05) is 84.8 Å². The van der Waals surface area contributed by atoms with Gasteiger partial charge in [-0.3, -0.25) is 0 Å². The number of hydrogen-bond donors (Lipinski definition) is 0. The predicted molar refractivity (Wildman–Crippen MR) is 78.0 cm³/mol. The Kier molecular flexibility index (Phi) is 22.9. The summed E-state index contributed by atoms with van der Waals surface area (Å²) >= 11 is 0. The van der Waals surface area contributed by atoms with Crippen molar-refractivity contribution in [2.24, 2.45) is 0 Å². The van der Waals surface area contributed by atoms with Crippen molar-refractivity contribution in [1.82, 2.24) is 0 Å². The van der Waals surface area contributed by atoms with E-state index in [0.29, 0.717) is 0 Å². The fraction of sp³-hybridized carbons (Fsp3) is 0.875. The molecule has 0 radical (unpaired) electrons. The van der Waals surface area contributed by atoms with Crippen LogP contribution in [0.15, 0.2) is 12.2 Å². The first kappa shape index (κ1) is 18.1. The molecule has 0 spiro atoms. The second kappa shape index (κ2) is 20.2. The highest BCUT2D eigenvalue weighted by atomic mass is 13.9. The molecule has 0 nitrogen and oxygen atoms in total. The van der Waals surface area contributed by atoms with Gasteiger partial charge in [-0.2, -0.15) is 0 Å². The monoisotopic (exact) mass is 226 g/mol. The molecule has 0 aliphatic rings. The lowest BCUT2D eigenvalue weighted by molar-refractivity contribution is 0.656. The Morgan fingerprint density at radius 1 is 0.562 bits per heavy atom. The first-order valence-electron chi connectivity index (χ1n) is 7.48. The van der Waals surface area contributed by atoms with Crippen LogP contribution >= 0.6 is 0 Å². The maximum atomic E-state index is 2.29. The van der Waals surface area contributed by atoms with E-state index in [4.69, 9.17) is 0 Å². The van der Waals surface area contributed by atoms with Crippen LogP contribution in [0.1, 0.15) is 91.9 Å². The first-order valence-corrected chi connectivity index (χ1v) is 7.48. The van der Waals surface area contributed by atoms with Crippen LogP contribution in [-0.4, -0.2) is 0 Å². The van der Waals surface area contributed by atoms with Gasteiger partial charge in [0.2, 0.25) is 0 Å². The van der Waals surface area contributed by atoms with Gasteiger partial charge in [0, 0.05) is 0 Å². The molecule has 0 saturated carbocycles. The quantitative estimate of drug-likeness (QED) is 0.310. The molecule has 0 heteroatoms. The molecule has 0 saturated heterocycles. The summed E-state index contributed by atoms with van der Waals surface area (Å²) in [5.74, 6) is 0. The predicted octanol–water partition coefficient (Wildman–Crippen LogP) is 6.51. The smallest absolute Gasteiger partial charge is 0.0351 e. The van der Waals surface area contributed by atoms with Crippen LogP contribution in [0.25, 0.3) is 0 Å². The lowest BCUT2D eigenvalue weighted by Crippen LogP contribution is -1.70. The molecular weight excluding hydrogens is 192 g/mol. The van der Waals surface area contributed by atoms with Gasteiger partial charge in [-0.05, 0) is 19.3 Å². The molecule has 98 valence electrons. The van der Waals surface area contributed by atoms with Crippen molar-refractivity contribution in [3.63, 3.8) is 0 Å². The second-order valence-corrected chi connectivity index (χ2v) is 4.44. The van der Waals surface area contributed by atoms with Crippen molar-refractivity contribution in [3.05, 3.63) is 12.2 Å². The molecule has 0 amide bonds. The van der Waals surface area contributed by atoms with Gasteiger partial charge in [0.25, 0.3) is 0 Å². The molecule has 0 atom stereocenters. The van der Waals surface area contributed by atoms with E-state index in [2.05, 4.69) is 39.8 Å². The standard InChI is InChI=1S/C9H18.C7H16/c1-3-5-7-9-8-6-4-2;1-3-5-7-6-4-2/h5,7H,3-4,6,8-9H2,1-2H3;3-7H2,1-2H3/b7-5+;. The highest BCUT2D eigenvalue weighted by Crippen LogP contribution is 2.00. The summed E-state index contributed by atoms with van der Waals surface area (Å²) in [5, 5.41) is 0. The maximum absolute atomic E-state index is 2.29. The van der Waals surface area contributed by atoms with Crippen molar-refractivity contribution in [3.8, 4) is 0 Å². The van der Waals surface area contributed by atoms with Crippen LogP contribution in [-0.2, 0) is 0 Å². The zero-order valence-corrected chi connectivity index (χ0v) is 12.2. The van der Waals surface area contributed by atoms with Crippen LogP contribution in [0.3, 0.4) is 0 Å². The van der Waals surface area contributed by atoms with Crippen LogP contribution in [0.4, 0.5) is 0 Å². The molecule has 0 rings (SSSR count). The third-order valence-electron chi connectivity index (χ3n) is 2.58.